The summed E-state index contributed by atoms with van der Waals surface area (Å²) in [6.45, 7) is -0.511. The summed E-state index contributed by atoms with van der Waals surface area (Å²) in [4.78, 5) is 49.6. The molecule has 1 N–H and O–H groups in total. The first-order valence-corrected chi connectivity index (χ1v) is 13.2. The molecular weight excluding hydrogens is 558 g/mol. The molecule has 3 atom stereocenters. The van der Waals surface area contributed by atoms with Crippen LogP contribution in [0, 0.1) is 10.1 Å². The molecule has 2 aromatic rings. The van der Waals surface area contributed by atoms with Crippen LogP contribution in [0.15, 0.2) is 65.9 Å². The molecule has 2 amide bonds. The molecule has 0 bridgehead atoms. The van der Waals surface area contributed by atoms with Crippen molar-refractivity contribution in [2.45, 2.75) is 18.0 Å². The van der Waals surface area contributed by atoms with Crippen LogP contribution in [0.25, 0.3) is 0 Å². The monoisotopic (exact) mass is 577 g/mol. The molecule has 4 rings (SSSR count). The zero-order valence-electron chi connectivity index (χ0n) is 18.6. The van der Waals surface area contributed by atoms with Gasteiger partial charge in [-0.1, -0.05) is 34.1 Å². The van der Waals surface area contributed by atoms with Crippen LogP contribution in [0.3, 0.4) is 0 Å². The number of β-lactam (4-membered cyclic amide) rings is 1. The molecular formula is C23H20BrN3O8S. The second kappa shape index (κ2) is 11.0. The van der Waals surface area contributed by atoms with E-state index in [1.54, 1.807) is 30.3 Å². The third-order valence-corrected chi connectivity index (χ3v) is 7.84. The number of fused-ring (bicyclic) bond motifs is 1. The minimum Gasteiger partial charge on any atom is -0.484 e. The number of ether oxygens (including phenoxy) is 2. The molecule has 0 aromatic heterocycles. The summed E-state index contributed by atoms with van der Waals surface area (Å²) >= 11 is 3.27. The van der Waals surface area contributed by atoms with Crippen molar-refractivity contribution in [2.24, 2.45) is 0 Å². The predicted molar refractivity (Wildman–Crippen MR) is 131 cm³/mol. The number of halogens is 1. The number of carbonyl (C=O) groups excluding carboxylic acids is 3. The SMILES string of the molecule is O=C(COc1ccccc1)NC1C(=O)N2C(C(=O)OCc3ccc([N+](=O)[O-])cc3)=C(CBr)CS(=O)C12. The first-order chi connectivity index (χ1) is 17.3. The van der Waals surface area contributed by atoms with Crippen molar-refractivity contribution < 1.29 is 33.0 Å². The van der Waals surface area contributed by atoms with Crippen molar-refractivity contribution in [3.63, 3.8) is 0 Å². The fraction of sp³-hybridized carbons (Fsp3) is 0.261. The Morgan fingerprint density at radius 3 is 2.50 bits per heavy atom. The number of benzene rings is 2. The van der Waals surface area contributed by atoms with Crippen molar-refractivity contribution in [2.75, 3.05) is 17.7 Å². The maximum atomic E-state index is 12.9. The van der Waals surface area contributed by atoms with Gasteiger partial charge in [-0.2, -0.15) is 0 Å². The molecule has 188 valence electrons. The van der Waals surface area contributed by atoms with E-state index in [4.69, 9.17) is 9.47 Å². The lowest BCUT2D eigenvalue weighted by Gasteiger charge is -2.49. The molecule has 36 heavy (non-hydrogen) atoms. The standard InChI is InChI=1S/C23H20BrN3O8S/c24-10-15-13-36(33)22-19(25-18(28)12-34-17-4-2-1-3-5-17)21(29)26(22)20(15)23(30)35-11-14-6-8-16(9-7-14)27(31)32/h1-9,19,22H,10-13H2,(H,25,28). The van der Waals surface area contributed by atoms with E-state index < -0.39 is 44.9 Å². The number of hydrogen-bond acceptors (Lipinski definition) is 8. The molecule has 1 saturated heterocycles. The molecule has 13 heteroatoms. The minimum atomic E-state index is -1.56. The number of esters is 1. The smallest absolute Gasteiger partial charge is 0.355 e. The minimum absolute atomic E-state index is 0.0191. The number of amides is 2. The highest BCUT2D eigenvalue weighted by Crippen LogP contribution is 2.36. The Hall–Kier alpha value is -3.58. The van der Waals surface area contributed by atoms with Gasteiger partial charge in [0.15, 0.2) is 6.61 Å². The highest BCUT2D eigenvalue weighted by molar-refractivity contribution is 9.09. The predicted octanol–water partition coefficient (Wildman–Crippen LogP) is 1.78. The van der Waals surface area contributed by atoms with Crippen LogP contribution < -0.4 is 10.1 Å². The van der Waals surface area contributed by atoms with Crippen LogP contribution >= 0.6 is 15.9 Å². The van der Waals surface area contributed by atoms with Crippen molar-refractivity contribution >= 4 is 50.2 Å². The Bertz CT molecular complexity index is 1250. The maximum Gasteiger partial charge on any atom is 0.355 e. The van der Waals surface area contributed by atoms with Crippen molar-refractivity contribution in [1.29, 1.82) is 0 Å². The highest BCUT2D eigenvalue weighted by Gasteiger charge is 2.57. The van der Waals surface area contributed by atoms with Gasteiger partial charge in [0.25, 0.3) is 17.5 Å². The number of rotatable bonds is 9. The second-order valence-electron chi connectivity index (χ2n) is 7.86. The summed E-state index contributed by atoms with van der Waals surface area (Å²) in [7, 11) is -1.56. The molecule has 2 aromatic carbocycles. The Morgan fingerprint density at radius 1 is 1.17 bits per heavy atom. The van der Waals surface area contributed by atoms with Gasteiger partial charge in [-0.15, -0.1) is 0 Å². The van der Waals surface area contributed by atoms with Crippen molar-refractivity contribution in [3.8, 4) is 5.75 Å². The van der Waals surface area contributed by atoms with Crippen LogP contribution in [-0.4, -0.2) is 60.9 Å². The zero-order chi connectivity index (χ0) is 25.8. The number of carbonyl (C=O) groups is 3. The summed E-state index contributed by atoms with van der Waals surface area (Å²) in [5.74, 6) is -1.43. The van der Waals surface area contributed by atoms with Crippen LogP contribution in [0.5, 0.6) is 5.75 Å². The Balaban J connectivity index is 1.41. The maximum absolute atomic E-state index is 12.9. The summed E-state index contributed by atoms with van der Waals surface area (Å²) in [6, 6.07) is 13.1. The van der Waals surface area contributed by atoms with Gasteiger partial charge >= 0.3 is 5.97 Å². The number of nitro groups is 1. The molecule has 3 unspecified atom stereocenters. The van der Waals surface area contributed by atoms with Gasteiger partial charge in [-0.05, 0) is 35.4 Å². The topological polar surface area (TPSA) is 145 Å². The Morgan fingerprint density at radius 2 is 1.86 bits per heavy atom. The van der Waals surface area contributed by atoms with Crippen molar-refractivity contribution in [1.82, 2.24) is 10.2 Å². The molecule has 11 nitrogen and oxygen atoms in total. The summed E-state index contributed by atoms with van der Waals surface area (Å²) in [6.07, 6.45) is 0. The van der Waals surface area contributed by atoms with Gasteiger partial charge in [0.2, 0.25) is 0 Å². The Labute approximate surface area is 216 Å². The van der Waals surface area contributed by atoms with Gasteiger partial charge in [-0.3, -0.25) is 28.8 Å². The van der Waals surface area contributed by atoms with Gasteiger partial charge in [0.05, 0.1) is 21.5 Å². The summed E-state index contributed by atoms with van der Waals surface area (Å²) in [5.41, 5.74) is 0.836. The van der Waals surface area contributed by atoms with Crippen LogP contribution in [0.4, 0.5) is 5.69 Å². The summed E-state index contributed by atoms with van der Waals surface area (Å²) < 4.78 is 23.6. The number of nitrogens with one attached hydrogen (secondary N) is 1. The Kier molecular flexibility index (Phi) is 7.79. The van der Waals surface area contributed by atoms with Gasteiger partial charge < -0.3 is 14.8 Å². The lowest BCUT2D eigenvalue weighted by atomic mass is 10.0. The van der Waals surface area contributed by atoms with E-state index in [1.807, 2.05) is 0 Å². The van der Waals surface area contributed by atoms with Gasteiger partial charge in [0.1, 0.15) is 29.5 Å². The van der Waals surface area contributed by atoms with Gasteiger partial charge in [0, 0.05) is 17.5 Å². The fourth-order valence-corrected chi connectivity index (χ4v) is 6.17. The van der Waals surface area contributed by atoms with Crippen LogP contribution in [-0.2, 0) is 36.5 Å². The highest BCUT2D eigenvalue weighted by atomic mass is 79.9. The molecule has 1 fully saturated rings. The molecule has 0 saturated carbocycles. The van der Waals surface area contributed by atoms with E-state index in [0.717, 1.165) is 4.90 Å². The van der Waals surface area contributed by atoms with Crippen LogP contribution in [0.1, 0.15) is 5.56 Å². The second-order valence-corrected chi connectivity index (χ2v) is 9.95. The number of nitrogens with zero attached hydrogens (tertiary/aromatic N) is 2. The lowest BCUT2D eigenvalue weighted by Crippen LogP contribution is -2.74. The summed E-state index contributed by atoms with van der Waals surface area (Å²) in [5, 5.41) is 12.6. The average molecular weight is 578 g/mol. The van der Waals surface area contributed by atoms with E-state index in [9.17, 15) is 28.7 Å². The number of non-ortho nitro benzene ring substituents is 1. The van der Waals surface area contributed by atoms with Crippen LogP contribution in [0.2, 0.25) is 0 Å². The normalized spacial score (nSPS) is 20.8. The van der Waals surface area contributed by atoms with E-state index >= 15 is 0 Å². The number of para-hydroxylation sites is 1. The number of alkyl halides is 1. The fourth-order valence-electron chi connectivity index (χ4n) is 3.76. The zero-order valence-corrected chi connectivity index (χ0v) is 21.0. The third kappa shape index (κ3) is 5.31. The first kappa shape index (κ1) is 25.5. The molecule has 0 aliphatic carbocycles. The molecule has 2 aliphatic rings. The van der Waals surface area contributed by atoms with Gasteiger partial charge in [-0.25, -0.2) is 4.79 Å². The largest absolute Gasteiger partial charge is 0.484 e. The molecule has 0 spiro atoms. The number of nitro benzene ring substituents is 1. The average Bonchev–Trinajstić information content (AvgIpc) is 2.89. The molecule has 2 heterocycles. The molecule has 0 radical (unpaired) electrons. The van der Waals surface area contributed by atoms with E-state index in [2.05, 4.69) is 21.2 Å². The van der Waals surface area contributed by atoms with E-state index in [-0.39, 0.29) is 35.7 Å². The third-order valence-electron chi connectivity index (χ3n) is 5.51. The van der Waals surface area contributed by atoms with E-state index in [1.165, 1.54) is 24.3 Å². The quantitative estimate of drug-likeness (QED) is 0.156. The number of hydrogen-bond donors (Lipinski definition) is 1. The van der Waals surface area contributed by atoms with E-state index in [0.29, 0.717) is 16.9 Å². The molecule has 2 aliphatic heterocycles. The lowest BCUT2D eigenvalue weighted by molar-refractivity contribution is -0.384. The van der Waals surface area contributed by atoms with Crippen molar-refractivity contribution in [3.05, 3.63) is 81.5 Å². The first-order valence-electron chi connectivity index (χ1n) is 10.7.